The van der Waals surface area contributed by atoms with Crippen LogP contribution in [0.1, 0.15) is 34.6 Å². The average Bonchev–Trinajstić information content (AvgIpc) is 3.25. The minimum Gasteiger partial charge on any atom is -0.478 e. The first-order valence-electron chi connectivity index (χ1n) is 8.32. The van der Waals surface area contributed by atoms with Crippen molar-refractivity contribution in [2.45, 2.75) is 26.4 Å². The van der Waals surface area contributed by atoms with Crippen LogP contribution in [0.2, 0.25) is 10.0 Å². The molecule has 0 bridgehead atoms. The van der Waals surface area contributed by atoms with Crippen molar-refractivity contribution < 1.29 is 14.7 Å². The van der Waals surface area contributed by atoms with E-state index >= 15 is 0 Å². The lowest BCUT2D eigenvalue weighted by molar-refractivity contribution is -0.119. The van der Waals surface area contributed by atoms with Gasteiger partial charge in [0, 0.05) is 33.6 Å². The lowest BCUT2D eigenvalue weighted by Gasteiger charge is -2.11. The molecule has 0 aliphatic rings. The highest BCUT2D eigenvalue weighted by atomic mass is 35.5. The van der Waals surface area contributed by atoms with Gasteiger partial charge in [0.1, 0.15) is 6.04 Å². The molecular formula is C18H17Cl2N5O3. The van der Waals surface area contributed by atoms with Crippen LogP contribution < -0.4 is 5.32 Å². The minimum atomic E-state index is -1.11. The third-order valence-electron chi connectivity index (χ3n) is 4.23. The predicted molar refractivity (Wildman–Crippen MR) is 105 cm³/mol. The van der Waals surface area contributed by atoms with Crippen LogP contribution in [0.3, 0.4) is 0 Å². The third-order valence-corrected chi connectivity index (χ3v) is 4.93. The number of carbonyl (C=O) groups is 2. The molecule has 146 valence electrons. The summed E-state index contributed by atoms with van der Waals surface area (Å²) < 4.78 is 2.97. The third kappa shape index (κ3) is 4.18. The van der Waals surface area contributed by atoms with E-state index in [0.717, 1.165) is 11.3 Å². The fourth-order valence-corrected chi connectivity index (χ4v) is 3.09. The molecule has 0 radical (unpaired) electrons. The number of aromatic carboxylic acids is 1. The maximum Gasteiger partial charge on any atom is 0.338 e. The van der Waals surface area contributed by atoms with E-state index in [1.165, 1.54) is 17.1 Å². The molecule has 2 aromatic heterocycles. The van der Waals surface area contributed by atoms with E-state index in [9.17, 15) is 9.59 Å². The van der Waals surface area contributed by atoms with Crippen LogP contribution >= 0.6 is 23.2 Å². The quantitative estimate of drug-likeness (QED) is 0.632. The fraction of sp³-hybridized carbons (Fsp3) is 0.222. The second kappa shape index (κ2) is 8.04. The number of benzene rings is 1. The highest BCUT2D eigenvalue weighted by molar-refractivity contribution is 6.35. The summed E-state index contributed by atoms with van der Waals surface area (Å²) in [5.41, 5.74) is 1.56. The number of hydrogen-bond acceptors (Lipinski definition) is 4. The zero-order valence-corrected chi connectivity index (χ0v) is 16.6. The monoisotopic (exact) mass is 421 g/mol. The van der Waals surface area contributed by atoms with Crippen LogP contribution in [0.5, 0.6) is 0 Å². The Balaban J connectivity index is 1.73. The van der Waals surface area contributed by atoms with E-state index in [1.807, 2.05) is 6.92 Å². The van der Waals surface area contributed by atoms with Gasteiger partial charge in [-0.05, 0) is 26.0 Å². The summed E-state index contributed by atoms with van der Waals surface area (Å²) in [6, 6.07) is 6.28. The number of carboxylic acids is 1. The second-order valence-electron chi connectivity index (χ2n) is 6.21. The Labute approximate surface area is 170 Å². The first kappa shape index (κ1) is 19.9. The molecule has 2 N–H and O–H groups in total. The number of nitrogens with zero attached hydrogens (tertiary/aromatic N) is 4. The van der Waals surface area contributed by atoms with Crippen molar-refractivity contribution in [1.29, 1.82) is 0 Å². The molecule has 3 aromatic rings. The van der Waals surface area contributed by atoms with Gasteiger partial charge in [-0.3, -0.25) is 14.2 Å². The molecule has 1 atom stereocenters. The van der Waals surface area contributed by atoms with E-state index in [1.54, 1.807) is 35.9 Å². The molecule has 0 spiro atoms. The van der Waals surface area contributed by atoms with Gasteiger partial charge in [-0.25, -0.2) is 4.79 Å². The molecule has 10 heteroatoms. The van der Waals surface area contributed by atoms with E-state index in [2.05, 4.69) is 15.5 Å². The standard InChI is InChI=1S/C18H17Cl2N5O3/c1-10-6-16(23-24(10)9-13-14(19)4-3-5-15(13)20)22-17(26)11(2)25-8-12(7-21-25)18(27)28/h3-8,11H,9H2,1-2H3,(H,27,28)(H,22,23,26). The molecule has 0 saturated carbocycles. The molecule has 8 nitrogen and oxygen atoms in total. The Kier molecular flexibility index (Phi) is 5.71. The van der Waals surface area contributed by atoms with Gasteiger partial charge in [-0.15, -0.1) is 0 Å². The molecule has 1 amide bonds. The van der Waals surface area contributed by atoms with E-state index < -0.39 is 12.0 Å². The zero-order chi connectivity index (χ0) is 20.4. The second-order valence-corrected chi connectivity index (χ2v) is 7.02. The van der Waals surface area contributed by atoms with Gasteiger partial charge < -0.3 is 10.4 Å². The molecule has 2 heterocycles. The Morgan fingerprint density at radius 1 is 1.29 bits per heavy atom. The van der Waals surface area contributed by atoms with Crippen molar-refractivity contribution in [1.82, 2.24) is 19.6 Å². The average molecular weight is 422 g/mol. The van der Waals surface area contributed by atoms with Crippen molar-refractivity contribution in [2.24, 2.45) is 0 Å². The number of amides is 1. The molecule has 0 aliphatic heterocycles. The first-order chi connectivity index (χ1) is 13.3. The van der Waals surface area contributed by atoms with Crippen molar-refractivity contribution >= 4 is 40.9 Å². The van der Waals surface area contributed by atoms with E-state index in [-0.39, 0.29) is 11.5 Å². The Morgan fingerprint density at radius 2 is 1.96 bits per heavy atom. The number of hydrogen-bond donors (Lipinski definition) is 2. The van der Waals surface area contributed by atoms with Gasteiger partial charge in [0.05, 0.1) is 18.3 Å². The van der Waals surface area contributed by atoms with Crippen LogP contribution in [0, 0.1) is 6.92 Å². The Bertz CT molecular complexity index is 1020. The number of carboxylic acid groups (broad SMARTS) is 1. The van der Waals surface area contributed by atoms with E-state index in [0.29, 0.717) is 22.4 Å². The van der Waals surface area contributed by atoms with Gasteiger partial charge in [-0.1, -0.05) is 29.3 Å². The number of nitrogens with one attached hydrogen (secondary N) is 1. The largest absolute Gasteiger partial charge is 0.478 e. The van der Waals surface area contributed by atoms with Crippen LogP contribution in [0.15, 0.2) is 36.7 Å². The van der Waals surface area contributed by atoms with Crippen molar-refractivity contribution in [3.8, 4) is 0 Å². The van der Waals surface area contributed by atoms with Crippen molar-refractivity contribution in [2.75, 3.05) is 5.32 Å². The molecule has 0 aliphatic carbocycles. The summed E-state index contributed by atoms with van der Waals surface area (Å²) in [7, 11) is 0. The Hall–Kier alpha value is -2.84. The number of rotatable bonds is 6. The maximum atomic E-state index is 12.5. The smallest absolute Gasteiger partial charge is 0.338 e. The van der Waals surface area contributed by atoms with Crippen LogP contribution in [0.25, 0.3) is 0 Å². The SMILES string of the molecule is Cc1cc(NC(=O)C(C)n2cc(C(=O)O)cn2)nn1Cc1c(Cl)cccc1Cl. The number of aromatic nitrogens is 4. The molecule has 1 unspecified atom stereocenters. The zero-order valence-electron chi connectivity index (χ0n) is 15.1. The van der Waals surface area contributed by atoms with Gasteiger partial charge in [0.2, 0.25) is 5.91 Å². The molecule has 0 fully saturated rings. The van der Waals surface area contributed by atoms with Gasteiger partial charge >= 0.3 is 5.97 Å². The van der Waals surface area contributed by atoms with Crippen LogP contribution in [-0.4, -0.2) is 36.5 Å². The summed E-state index contributed by atoms with van der Waals surface area (Å²) in [6.45, 7) is 3.82. The number of carbonyl (C=O) groups excluding carboxylic acids is 1. The number of anilines is 1. The van der Waals surface area contributed by atoms with Crippen molar-refractivity contribution in [3.05, 3.63) is 63.5 Å². The van der Waals surface area contributed by atoms with Gasteiger partial charge in [-0.2, -0.15) is 10.2 Å². The maximum absolute atomic E-state index is 12.5. The van der Waals surface area contributed by atoms with Gasteiger partial charge in [0.15, 0.2) is 5.82 Å². The summed E-state index contributed by atoms with van der Waals surface area (Å²) in [5.74, 6) is -1.12. The number of aryl methyl sites for hydroxylation is 1. The highest BCUT2D eigenvalue weighted by Crippen LogP contribution is 2.26. The molecule has 3 rings (SSSR count). The summed E-state index contributed by atoms with van der Waals surface area (Å²) in [5, 5.41) is 21.0. The topological polar surface area (TPSA) is 102 Å². The van der Waals surface area contributed by atoms with Crippen LogP contribution in [0.4, 0.5) is 5.82 Å². The van der Waals surface area contributed by atoms with Crippen molar-refractivity contribution in [3.63, 3.8) is 0 Å². The lowest BCUT2D eigenvalue weighted by Crippen LogP contribution is -2.24. The summed E-state index contributed by atoms with van der Waals surface area (Å²) in [4.78, 5) is 23.4. The number of halogens is 2. The molecule has 28 heavy (non-hydrogen) atoms. The van der Waals surface area contributed by atoms with Crippen LogP contribution in [-0.2, 0) is 11.3 Å². The van der Waals surface area contributed by atoms with Gasteiger partial charge in [0.25, 0.3) is 0 Å². The molecular weight excluding hydrogens is 405 g/mol. The summed E-state index contributed by atoms with van der Waals surface area (Å²) in [6.07, 6.45) is 2.49. The Morgan fingerprint density at radius 3 is 2.57 bits per heavy atom. The molecule has 1 aromatic carbocycles. The first-order valence-corrected chi connectivity index (χ1v) is 9.07. The minimum absolute atomic E-state index is 0.0105. The fourth-order valence-electron chi connectivity index (χ4n) is 2.58. The highest BCUT2D eigenvalue weighted by Gasteiger charge is 2.19. The predicted octanol–water partition coefficient (Wildman–Crippen LogP) is 3.64. The normalized spacial score (nSPS) is 12.0. The molecule has 0 saturated heterocycles. The lowest BCUT2D eigenvalue weighted by atomic mass is 10.2. The van der Waals surface area contributed by atoms with E-state index in [4.69, 9.17) is 28.3 Å². The summed E-state index contributed by atoms with van der Waals surface area (Å²) >= 11 is 12.4.